The second-order valence-electron chi connectivity index (χ2n) is 7.00. The molecular formula is C19H26N2O2. The van der Waals surface area contributed by atoms with Crippen LogP contribution in [0.4, 0.5) is 5.69 Å². The molecule has 4 nitrogen and oxygen atoms in total. The molecule has 2 aliphatic rings. The first-order chi connectivity index (χ1) is 11.0. The highest BCUT2D eigenvalue weighted by molar-refractivity contribution is 6.01. The van der Waals surface area contributed by atoms with Crippen molar-refractivity contribution in [2.75, 3.05) is 18.0 Å². The van der Waals surface area contributed by atoms with Crippen LogP contribution in [0.2, 0.25) is 0 Å². The lowest BCUT2D eigenvalue weighted by Gasteiger charge is -2.35. The van der Waals surface area contributed by atoms with Crippen LogP contribution in [0.3, 0.4) is 0 Å². The Kier molecular flexibility index (Phi) is 4.42. The lowest BCUT2D eigenvalue weighted by atomic mass is 9.99. The van der Waals surface area contributed by atoms with Crippen LogP contribution in [0.15, 0.2) is 18.2 Å². The molecule has 0 radical (unpaired) electrons. The molecule has 2 aliphatic heterocycles. The van der Waals surface area contributed by atoms with Crippen molar-refractivity contribution in [1.29, 1.82) is 0 Å². The van der Waals surface area contributed by atoms with Crippen LogP contribution in [0.25, 0.3) is 0 Å². The van der Waals surface area contributed by atoms with Gasteiger partial charge in [0.2, 0.25) is 11.8 Å². The number of amides is 2. The van der Waals surface area contributed by atoms with Crippen molar-refractivity contribution in [3.63, 3.8) is 0 Å². The number of hydrogen-bond donors (Lipinski definition) is 0. The molecule has 23 heavy (non-hydrogen) atoms. The van der Waals surface area contributed by atoms with E-state index in [0.717, 1.165) is 30.6 Å². The third kappa shape index (κ3) is 2.99. The van der Waals surface area contributed by atoms with E-state index in [9.17, 15) is 9.59 Å². The molecule has 0 aliphatic carbocycles. The SMILES string of the molecule is Cc1cccc(N2C[C@@H](C(=O)N3CCCC[C@H]3C)CC2=O)c1C. The van der Waals surface area contributed by atoms with Crippen LogP contribution in [0, 0.1) is 19.8 Å². The minimum absolute atomic E-state index is 0.0710. The number of aryl methyl sites for hydroxylation is 1. The fourth-order valence-electron chi connectivity index (χ4n) is 3.79. The zero-order chi connectivity index (χ0) is 16.6. The first-order valence-electron chi connectivity index (χ1n) is 8.66. The van der Waals surface area contributed by atoms with E-state index in [1.165, 1.54) is 12.0 Å². The number of hydrogen-bond acceptors (Lipinski definition) is 2. The molecule has 4 heteroatoms. The van der Waals surface area contributed by atoms with Gasteiger partial charge < -0.3 is 9.80 Å². The number of benzene rings is 1. The second kappa shape index (κ2) is 6.34. The Morgan fingerprint density at radius 3 is 2.74 bits per heavy atom. The van der Waals surface area contributed by atoms with Gasteiger partial charge in [0, 0.05) is 31.2 Å². The number of piperidine rings is 1. The highest BCUT2D eigenvalue weighted by atomic mass is 16.2. The fraction of sp³-hybridized carbons (Fsp3) is 0.579. The van der Waals surface area contributed by atoms with Crippen molar-refractivity contribution < 1.29 is 9.59 Å². The van der Waals surface area contributed by atoms with Crippen LogP contribution in [-0.4, -0.2) is 35.8 Å². The molecule has 0 N–H and O–H groups in total. The number of carbonyl (C=O) groups excluding carboxylic acids is 2. The molecule has 0 bridgehead atoms. The molecule has 2 fully saturated rings. The Labute approximate surface area is 138 Å². The molecule has 0 unspecified atom stereocenters. The number of anilines is 1. The maximum absolute atomic E-state index is 12.8. The van der Waals surface area contributed by atoms with E-state index in [1.54, 1.807) is 4.90 Å². The maximum atomic E-state index is 12.8. The zero-order valence-electron chi connectivity index (χ0n) is 14.3. The number of rotatable bonds is 2. The van der Waals surface area contributed by atoms with Crippen LogP contribution < -0.4 is 4.90 Å². The molecule has 3 rings (SSSR count). The van der Waals surface area contributed by atoms with Crippen LogP contribution >= 0.6 is 0 Å². The molecular weight excluding hydrogens is 288 g/mol. The molecule has 0 saturated carbocycles. The Morgan fingerprint density at radius 2 is 2.00 bits per heavy atom. The van der Waals surface area contributed by atoms with Gasteiger partial charge in [-0.15, -0.1) is 0 Å². The van der Waals surface area contributed by atoms with E-state index in [-0.39, 0.29) is 17.7 Å². The highest BCUT2D eigenvalue weighted by Gasteiger charge is 2.39. The van der Waals surface area contributed by atoms with Gasteiger partial charge in [0.15, 0.2) is 0 Å². The first kappa shape index (κ1) is 16.0. The predicted molar refractivity (Wildman–Crippen MR) is 91.4 cm³/mol. The molecule has 2 heterocycles. The topological polar surface area (TPSA) is 40.6 Å². The van der Waals surface area contributed by atoms with Gasteiger partial charge in [-0.05, 0) is 57.2 Å². The van der Waals surface area contributed by atoms with Crippen molar-refractivity contribution in [3.8, 4) is 0 Å². The second-order valence-corrected chi connectivity index (χ2v) is 7.00. The summed E-state index contributed by atoms with van der Waals surface area (Å²) in [5, 5.41) is 0. The van der Waals surface area contributed by atoms with E-state index >= 15 is 0 Å². The minimum Gasteiger partial charge on any atom is -0.340 e. The van der Waals surface area contributed by atoms with Gasteiger partial charge in [0.05, 0.1) is 5.92 Å². The molecule has 124 valence electrons. The van der Waals surface area contributed by atoms with Gasteiger partial charge in [-0.2, -0.15) is 0 Å². The fourth-order valence-corrected chi connectivity index (χ4v) is 3.79. The summed E-state index contributed by atoms with van der Waals surface area (Å²) in [7, 11) is 0. The summed E-state index contributed by atoms with van der Waals surface area (Å²) in [4.78, 5) is 29.1. The summed E-state index contributed by atoms with van der Waals surface area (Å²) in [5.74, 6) is 0.0445. The van der Waals surface area contributed by atoms with Crippen molar-refractivity contribution in [2.24, 2.45) is 5.92 Å². The summed E-state index contributed by atoms with van der Waals surface area (Å²) in [5.41, 5.74) is 3.26. The Morgan fingerprint density at radius 1 is 1.22 bits per heavy atom. The van der Waals surface area contributed by atoms with Gasteiger partial charge >= 0.3 is 0 Å². The predicted octanol–water partition coefficient (Wildman–Crippen LogP) is 3.06. The molecule has 0 aromatic heterocycles. The maximum Gasteiger partial charge on any atom is 0.228 e. The van der Waals surface area contributed by atoms with E-state index in [1.807, 2.05) is 24.0 Å². The summed E-state index contributed by atoms with van der Waals surface area (Å²) >= 11 is 0. The normalized spacial score (nSPS) is 25.1. The minimum atomic E-state index is -0.192. The van der Waals surface area contributed by atoms with Crippen LogP contribution in [-0.2, 0) is 9.59 Å². The zero-order valence-corrected chi connectivity index (χ0v) is 14.3. The van der Waals surface area contributed by atoms with Crippen molar-refractivity contribution in [1.82, 2.24) is 4.90 Å². The van der Waals surface area contributed by atoms with Gasteiger partial charge in [-0.1, -0.05) is 12.1 Å². The van der Waals surface area contributed by atoms with E-state index in [0.29, 0.717) is 19.0 Å². The molecule has 2 amide bonds. The molecule has 1 aromatic rings. The molecule has 1 aromatic carbocycles. The van der Waals surface area contributed by atoms with Gasteiger partial charge in [-0.3, -0.25) is 9.59 Å². The standard InChI is InChI=1S/C19H26N2O2/c1-13-7-6-9-17(15(13)3)21-12-16(11-18(21)22)19(23)20-10-5-4-8-14(20)2/h6-7,9,14,16H,4-5,8,10-12H2,1-3H3/t14-,16+/m1/s1. The summed E-state index contributed by atoms with van der Waals surface area (Å²) in [6.45, 7) is 7.58. The summed E-state index contributed by atoms with van der Waals surface area (Å²) in [6.07, 6.45) is 3.70. The van der Waals surface area contributed by atoms with Crippen molar-refractivity contribution in [3.05, 3.63) is 29.3 Å². The average Bonchev–Trinajstić information content (AvgIpc) is 2.92. The number of carbonyl (C=O) groups is 2. The van der Waals surface area contributed by atoms with Crippen LogP contribution in [0.5, 0.6) is 0 Å². The largest absolute Gasteiger partial charge is 0.340 e. The molecule has 2 saturated heterocycles. The lowest BCUT2D eigenvalue weighted by Crippen LogP contribution is -2.45. The third-order valence-corrected chi connectivity index (χ3v) is 5.43. The molecule has 2 atom stereocenters. The van der Waals surface area contributed by atoms with Crippen molar-refractivity contribution in [2.45, 2.75) is 52.5 Å². The Balaban J connectivity index is 1.77. The summed E-state index contributed by atoms with van der Waals surface area (Å²) in [6, 6.07) is 6.32. The van der Waals surface area contributed by atoms with E-state index in [2.05, 4.69) is 19.9 Å². The van der Waals surface area contributed by atoms with Crippen LogP contribution in [0.1, 0.15) is 43.7 Å². The lowest BCUT2D eigenvalue weighted by molar-refractivity contribution is -0.139. The first-order valence-corrected chi connectivity index (χ1v) is 8.66. The third-order valence-electron chi connectivity index (χ3n) is 5.43. The van der Waals surface area contributed by atoms with E-state index in [4.69, 9.17) is 0 Å². The smallest absolute Gasteiger partial charge is 0.228 e. The van der Waals surface area contributed by atoms with E-state index < -0.39 is 0 Å². The Bertz CT molecular complexity index is 626. The van der Waals surface area contributed by atoms with Gasteiger partial charge in [0.25, 0.3) is 0 Å². The number of nitrogens with zero attached hydrogens (tertiary/aromatic N) is 2. The van der Waals surface area contributed by atoms with Gasteiger partial charge in [0.1, 0.15) is 0 Å². The van der Waals surface area contributed by atoms with Crippen molar-refractivity contribution >= 4 is 17.5 Å². The molecule has 0 spiro atoms. The van der Waals surface area contributed by atoms with Gasteiger partial charge in [-0.25, -0.2) is 0 Å². The number of likely N-dealkylation sites (tertiary alicyclic amines) is 1. The quantitative estimate of drug-likeness (QED) is 0.842. The Hall–Kier alpha value is -1.84. The average molecular weight is 314 g/mol. The summed E-state index contributed by atoms with van der Waals surface area (Å²) < 4.78 is 0. The monoisotopic (exact) mass is 314 g/mol. The highest BCUT2D eigenvalue weighted by Crippen LogP contribution is 2.31.